The first-order valence-electron chi connectivity index (χ1n) is 4.38. The Balaban J connectivity index is 2.25. The number of benzene rings is 1. The molecule has 0 saturated carbocycles. The van der Waals surface area contributed by atoms with Crippen LogP contribution in [0.4, 0.5) is 11.4 Å². The minimum Gasteiger partial charge on any atom is -0.382 e. The van der Waals surface area contributed by atoms with Gasteiger partial charge in [-0.2, -0.15) is 4.37 Å². The smallest absolute Gasteiger partial charge is 0.145 e. The Kier molecular flexibility index (Phi) is 2.64. The highest BCUT2D eigenvalue weighted by atomic mass is 32.1. The highest BCUT2D eigenvalue weighted by Crippen LogP contribution is 2.21. The number of nitrogen functional groups attached to an aromatic ring is 1. The summed E-state index contributed by atoms with van der Waals surface area (Å²) in [7, 11) is 0. The van der Waals surface area contributed by atoms with Gasteiger partial charge in [-0.3, -0.25) is 5.41 Å². The van der Waals surface area contributed by atoms with Crippen molar-refractivity contribution >= 4 is 28.7 Å². The van der Waals surface area contributed by atoms with Crippen molar-refractivity contribution in [3.8, 4) is 0 Å². The molecular formula is C10H10N4S. The topological polar surface area (TPSA) is 74.8 Å². The molecule has 1 heterocycles. The van der Waals surface area contributed by atoms with Gasteiger partial charge in [0.15, 0.2) is 0 Å². The van der Waals surface area contributed by atoms with E-state index in [4.69, 9.17) is 11.1 Å². The van der Waals surface area contributed by atoms with Gasteiger partial charge in [0, 0.05) is 11.1 Å². The lowest BCUT2D eigenvalue weighted by molar-refractivity contribution is 1.37. The van der Waals surface area contributed by atoms with E-state index >= 15 is 0 Å². The first-order valence-corrected chi connectivity index (χ1v) is 5.22. The first-order chi connectivity index (χ1) is 7.27. The summed E-state index contributed by atoms with van der Waals surface area (Å²) in [5, 5.41) is 12.3. The van der Waals surface area contributed by atoms with Crippen molar-refractivity contribution in [2.75, 3.05) is 5.32 Å². The van der Waals surface area contributed by atoms with Crippen molar-refractivity contribution in [1.82, 2.24) is 4.37 Å². The Morgan fingerprint density at radius 2 is 2.07 bits per heavy atom. The second-order valence-corrected chi connectivity index (χ2v) is 3.61. The van der Waals surface area contributed by atoms with Crippen molar-refractivity contribution in [3.05, 3.63) is 41.4 Å². The fourth-order valence-corrected chi connectivity index (χ4v) is 1.83. The van der Waals surface area contributed by atoms with Crippen LogP contribution in [0.15, 0.2) is 35.7 Å². The lowest BCUT2D eigenvalue weighted by Gasteiger charge is -2.04. The number of para-hydroxylation sites is 1. The Labute approximate surface area is 91.4 Å². The van der Waals surface area contributed by atoms with Crippen LogP contribution in [-0.4, -0.2) is 10.2 Å². The highest BCUT2D eigenvalue weighted by molar-refractivity contribution is 7.04. The van der Waals surface area contributed by atoms with Gasteiger partial charge in [-0.05, 0) is 23.7 Å². The van der Waals surface area contributed by atoms with E-state index in [2.05, 4.69) is 9.69 Å². The van der Waals surface area contributed by atoms with Crippen LogP contribution >= 0.6 is 11.5 Å². The molecule has 76 valence electrons. The van der Waals surface area contributed by atoms with Crippen LogP contribution < -0.4 is 11.1 Å². The van der Waals surface area contributed by atoms with Crippen molar-refractivity contribution in [3.63, 3.8) is 0 Å². The predicted octanol–water partition coefficient (Wildman–Crippen LogP) is 2.17. The zero-order valence-corrected chi connectivity index (χ0v) is 8.71. The Bertz CT molecular complexity index is 463. The largest absolute Gasteiger partial charge is 0.382 e. The molecule has 0 fully saturated rings. The quantitative estimate of drug-likeness (QED) is 0.546. The molecule has 0 radical (unpaired) electrons. The molecule has 2 rings (SSSR count). The van der Waals surface area contributed by atoms with Crippen molar-refractivity contribution < 1.29 is 0 Å². The molecule has 0 bridgehead atoms. The van der Waals surface area contributed by atoms with Gasteiger partial charge in [0.1, 0.15) is 11.5 Å². The molecule has 2 aromatic rings. The van der Waals surface area contributed by atoms with E-state index in [0.29, 0.717) is 5.69 Å². The number of rotatable bonds is 3. The van der Waals surface area contributed by atoms with Crippen LogP contribution in [0.5, 0.6) is 0 Å². The second-order valence-electron chi connectivity index (χ2n) is 2.98. The molecular weight excluding hydrogens is 208 g/mol. The summed E-state index contributed by atoms with van der Waals surface area (Å²) in [6.07, 6.45) is 0. The predicted molar refractivity (Wildman–Crippen MR) is 62.9 cm³/mol. The number of nitrogens with two attached hydrogens (primary N) is 1. The van der Waals surface area contributed by atoms with Gasteiger partial charge in [0.2, 0.25) is 0 Å². The second kappa shape index (κ2) is 4.10. The van der Waals surface area contributed by atoms with E-state index in [0.717, 1.165) is 11.4 Å². The first kappa shape index (κ1) is 9.67. The number of aromatic nitrogens is 1. The standard InChI is InChI=1S/C10H10N4S/c11-10(12)9-8(6-15-14-9)13-7-4-2-1-3-5-7/h1-6,13H,(H3,11,12). The summed E-state index contributed by atoms with van der Waals surface area (Å²) in [5.74, 6) is -0.0188. The number of hydrogen-bond acceptors (Lipinski definition) is 4. The minimum atomic E-state index is -0.0188. The van der Waals surface area contributed by atoms with E-state index in [-0.39, 0.29) is 5.84 Å². The average molecular weight is 218 g/mol. The third kappa shape index (κ3) is 2.13. The highest BCUT2D eigenvalue weighted by Gasteiger charge is 2.08. The van der Waals surface area contributed by atoms with Crippen LogP contribution in [-0.2, 0) is 0 Å². The Hall–Kier alpha value is -1.88. The maximum atomic E-state index is 7.34. The summed E-state index contributed by atoms with van der Waals surface area (Å²) < 4.78 is 4.04. The zero-order chi connectivity index (χ0) is 10.7. The molecule has 15 heavy (non-hydrogen) atoms. The van der Waals surface area contributed by atoms with Gasteiger partial charge in [0.05, 0.1) is 5.69 Å². The third-order valence-corrected chi connectivity index (χ3v) is 2.51. The Morgan fingerprint density at radius 3 is 2.73 bits per heavy atom. The molecule has 0 aliphatic carbocycles. The molecule has 0 unspecified atom stereocenters. The van der Waals surface area contributed by atoms with Gasteiger partial charge in [0.25, 0.3) is 0 Å². The van der Waals surface area contributed by atoms with Crippen molar-refractivity contribution in [2.45, 2.75) is 0 Å². The monoisotopic (exact) mass is 218 g/mol. The molecule has 0 saturated heterocycles. The van der Waals surface area contributed by atoms with Gasteiger partial charge in [-0.1, -0.05) is 18.2 Å². The number of nitrogens with zero attached hydrogens (tertiary/aromatic N) is 1. The van der Waals surface area contributed by atoms with Crippen molar-refractivity contribution in [2.24, 2.45) is 5.73 Å². The molecule has 0 aliphatic rings. The normalized spacial score (nSPS) is 9.87. The summed E-state index contributed by atoms with van der Waals surface area (Å²) >= 11 is 1.28. The van der Waals surface area contributed by atoms with Crippen LogP contribution in [0.3, 0.4) is 0 Å². The van der Waals surface area contributed by atoms with Crippen molar-refractivity contribution in [1.29, 1.82) is 5.41 Å². The zero-order valence-electron chi connectivity index (χ0n) is 7.90. The van der Waals surface area contributed by atoms with E-state index in [1.807, 2.05) is 35.7 Å². The molecule has 4 N–H and O–H groups in total. The maximum absolute atomic E-state index is 7.34. The molecule has 0 atom stereocenters. The lowest BCUT2D eigenvalue weighted by Crippen LogP contribution is -2.13. The number of hydrogen-bond donors (Lipinski definition) is 3. The van der Waals surface area contributed by atoms with E-state index in [9.17, 15) is 0 Å². The number of nitrogens with one attached hydrogen (secondary N) is 2. The lowest BCUT2D eigenvalue weighted by atomic mass is 10.3. The van der Waals surface area contributed by atoms with E-state index < -0.39 is 0 Å². The SMILES string of the molecule is N=C(N)c1nscc1Nc1ccccc1. The molecule has 0 amide bonds. The molecule has 1 aromatic carbocycles. The minimum absolute atomic E-state index is 0.0188. The summed E-state index contributed by atoms with van der Waals surface area (Å²) in [6, 6.07) is 9.72. The molecule has 5 heteroatoms. The van der Waals surface area contributed by atoms with Crippen LogP contribution in [0.1, 0.15) is 5.69 Å². The molecule has 0 spiro atoms. The summed E-state index contributed by atoms with van der Waals surface area (Å²) in [5.41, 5.74) is 7.64. The molecule has 4 nitrogen and oxygen atoms in total. The summed E-state index contributed by atoms with van der Waals surface area (Å²) in [6.45, 7) is 0. The van der Waals surface area contributed by atoms with Gasteiger partial charge < -0.3 is 11.1 Å². The average Bonchev–Trinajstić information content (AvgIpc) is 2.67. The van der Waals surface area contributed by atoms with Gasteiger partial charge >= 0.3 is 0 Å². The van der Waals surface area contributed by atoms with Crippen LogP contribution in [0.2, 0.25) is 0 Å². The fraction of sp³-hybridized carbons (Fsp3) is 0. The maximum Gasteiger partial charge on any atom is 0.145 e. The molecule has 1 aromatic heterocycles. The Morgan fingerprint density at radius 1 is 1.33 bits per heavy atom. The van der Waals surface area contributed by atoms with E-state index in [1.165, 1.54) is 11.5 Å². The van der Waals surface area contributed by atoms with E-state index in [1.54, 1.807) is 0 Å². The summed E-state index contributed by atoms with van der Waals surface area (Å²) in [4.78, 5) is 0. The molecule has 0 aliphatic heterocycles. The van der Waals surface area contributed by atoms with Gasteiger partial charge in [-0.25, -0.2) is 0 Å². The fourth-order valence-electron chi connectivity index (χ4n) is 1.20. The number of amidine groups is 1. The van der Waals surface area contributed by atoms with Gasteiger partial charge in [-0.15, -0.1) is 0 Å². The third-order valence-electron chi connectivity index (χ3n) is 1.88. The van der Waals surface area contributed by atoms with Crippen LogP contribution in [0.25, 0.3) is 0 Å². The number of anilines is 2. The van der Waals surface area contributed by atoms with Crippen LogP contribution in [0, 0.1) is 5.41 Å².